The van der Waals surface area contributed by atoms with Crippen molar-refractivity contribution in [2.24, 2.45) is 10.2 Å². The summed E-state index contributed by atoms with van der Waals surface area (Å²) < 4.78 is 0. The van der Waals surface area contributed by atoms with Gasteiger partial charge in [0.05, 0.1) is 0 Å². The first-order valence-corrected chi connectivity index (χ1v) is 6.08. The van der Waals surface area contributed by atoms with Crippen LogP contribution in [0.5, 0.6) is 0 Å². The summed E-state index contributed by atoms with van der Waals surface area (Å²) in [5.41, 5.74) is 5.97. The number of nitrogens with zero attached hydrogens (tertiary/aromatic N) is 10. The first kappa shape index (κ1) is 13.8. The third-order valence-corrected chi connectivity index (χ3v) is 1.90. The Hall–Kier alpha value is -2.66. The van der Waals surface area contributed by atoms with Gasteiger partial charge in [0.15, 0.2) is 0 Å². The number of rotatable bonds is 6. The van der Waals surface area contributed by atoms with Gasteiger partial charge in [-0.15, -0.1) is 19.8 Å². The van der Waals surface area contributed by atoms with Crippen LogP contribution in [0.4, 0.5) is 11.9 Å². The van der Waals surface area contributed by atoms with E-state index >= 15 is 0 Å². The van der Waals surface area contributed by atoms with Crippen molar-refractivity contribution in [1.29, 1.82) is 0 Å². The van der Waals surface area contributed by atoms with Gasteiger partial charge in [0, 0.05) is 12.1 Å². The number of aromatic nitrogens is 8. The van der Waals surface area contributed by atoms with Crippen LogP contribution in [0.1, 0.15) is 27.7 Å². The summed E-state index contributed by atoms with van der Waals surface area (Å²) >= 11 is 0. The first-order chi connectivity index (χ1) is 9.56. The van der Waals surface area contributed by atoms with E-state index in [0.717, 1.165) is 0 Å². The van der Waals surface area contributed by atoms with Crippen LogP contribution in [0.3, 0.4) is 0 Å². The fourth-order valence-corrected chi connectivity index (χ4v) is 1.24. The molecule has 0 aliphatic carbocycles. The van der Waals surface area contributed by atoms with E-state index < -0.39 is 0 Å². The predicted octanol–water partition coefficient (Wildman–Crippen LogP) is -0.0212. The molecule has 108 valence electrons. The van der Waals surface area contributed by atoms with Gasteiger partial charge in [-0.25, -0.2) is 0 Å². The minimum absolute atomic E-state index is 0.153. The van der Waals surface area contributed by atoms with Crippen LogP contribution in [-0.4, -0.2) is 52.7 Å². The zero-order valence-electron chi connectivity index (χ0n) is 11.6. The highest BCUT2D eigenvalue weighted by Gasteiger charge is 2.08. The maximum Gasteiger partial charge on any atom is 0.307 e. The fourth-order valence-electron chi connectivity index (χ4n) is 1.24. The summed E-state index contributed by atoms with van der Waals surface area (Å²) in [5.74, 6) is 0.413. The smallest absolute Gasteiger partial charge is 0.302 e. The third-order valence-electron chi connectivity index (χ3n) is 1.90. The number of nitrogens with one attached hydrogen (secondary N) is 2. The van der Waals surface area contributed by atoms with E-state index in [2.05, 4.69) is 52.1 Å². The van der Waals surface area contributed by atoms with E-state index in [4.69, 9.17) is 0 Å². The van der Waals surface area contributed by atoms with E-state index in [1.165, 1.54) is 9.58 Å². The SMILES string of the molecule is CC(C)Nn1nnnc1N=Nc1nnnn1NC(C)C. The molecule has 0 atom stereocenters. The van der Waals surface area contributed by atoms with Crippen LogP contribution in [0.25, 0.3) is 0 Å². The van der Waals surface area contributed by atoms with E-state index in [1.54, 1.807) is 0 Å². The summed E-state index contributed by atoms with van der Waals surface area (Å²) in [5, 5.41) is 29.8. The molecule has 2 heterocycles. The molecule has 20 heavy (non-hydrogen) atoms. The lowest BCUT2D eigenvalue weighted by atomic mass is 10.4. The maximum absolute atomic E-state index is 3.92. The Labute approximate surface area is 114 Å². The highest BCUT2D eigenvalue weighted by Crippen LogP contribution is 2.10. The second kappa shape index (κ2) is 5.99. The van der Waals surface area contributed by atoms with Crippen molar-refractivity contribution in [1.82, 2.24) is 40.6 Å². The van der Waals surface area contributed by atoms with Crippen molar-refractivity contribution < 1.29 is 0 Å². The Morgan fingerprint density at radius 3 is 1.55 bits per heavy atom. The second-order valence-corrected chi connectivity index (χ2v) is 4.55. The topological polar surface area (TPSA) is 136 Å². The Morgan fingerprint density at radius 1 is 0.800 bits per heavy atom. The van der Waals surface area contributed by atoms with Gasteiger partial charge in [-0.1, -0.05) is 10.2 Å². The van der Waals surface area contributed by atoms with Crippen LogP contribution in [0, 0.1) is 0 Å². The summed E-state index contributed by atoms with van der Waals surface area (Å²) in [6, 6.07) is 0.306. The number of tetrazole rings is 2. The Balaban J connectivity index is 2.13. The highest BCUT2D eigenvalue weighted by atomic mass is 15.7. The van der Waals surface area contributed by atoms with Crippen LogP contribution in [0.15, 0.2) is 10.2 Å². The molecule has 2 aromatic rings. The lowest BCUT2D eigenvalue weighted by Crippen LogP contribution is -2.23. The molecule has 0 aliphatic heterocycles. The van der Waals surface area contributed by atoms with E-state index in [-0.39, 0.29) is 24.0 Å². The molecular weight excluding hydrogens is 264 g/mol. The highest BCUT2D eigenvalue weighted by molar-refractivity contribution is 5.16. The molecule has 0 aromatic carbocycles. The van der Waals surface area contributed by atoms with Gasteiger partial charge >= 0.3 is 11.9 Å². The van der Waals surface area contributed by atoms with Gasteiger partial charge in [-0.05, 0) is 48.5 Å². The van der Waals surface area contributed by atoms with E-state index in [9.17, 15) is 0 Å². The normalized spacial score (nSPS) is 11.7. The first-order valence-electron chi connectivity index (χ1n) is 6.08. The van der Waals surface area contributed by atoms with Gasteiger partial charge in [-0.2, -0.15) is 0 Å². The molecule has 0 aliphatic rings. The van der Waals surface area contributed by atoms with Crippen LogP contribution < -0.4 is 10.9 Å². The number of azo groups is 1. The van der Waals surface area contributed by atoms with Gasteiger partial charge in [-0.3, -0.25) is 0 Å². The fraction of sp³-hybridized carbons (Fsp3) is 0.750. The summed E-state index contributed by atoms with van der Waals surface area (Å²) in [6.07, 6.45) is 0. The largest absolute Gasteiger partial charge is 0.307 e. The van der Waals surface area contributed by atoms with Crippen LogP contribution in [-0.2, 0) is 0 Å². The summed E-state index contributed by atoms with van der Waals surface area (Å²) in [7, 11) is 0. The Kier molecular flexibility index (Phi) is 4.12. The van der Waals surface area contributed by atoms with E-state index in [1.807, 2.05) is 27.7 Å². The van der Waals surface area contributed by atoms with Crippen molar-refractivity contribution in [3.63, 3.8) is 0 Å². The van der Waals surface area contributed by atoms with Gasteiger partial charge in [0.2, 0.25) is 0 Å². The molecule has 2 N–H and O–H groups in total. The van der Waals surface area contributed by atoms with Crippen molar-refractivity contribution in [2.75, 3.05) is 10.9 Å². The molecule has 0 saturated carbocycles. The molecule has 12 heteroatoms. The van der Waals surface area contributed by atoms with Gasteiger partial charge in [0.25, 0.3) is 0 Å². The van der Waals surface area contributed by atoms with Crippen LogP contribution >= 0.6 is 0 Å². The molecule has 2 aromatic heterocycles. The van der Waals surface area contributed by atoms with Gasteiger partial charge in [0.1, 0.15) is 0 Å². The molecule has 0 fully saturated rings. The lowest BCUT2D eigenvalue weighted by molar-refractivity contribution is 0.635. The molecule has 0 saturated heterocycles. The summed E-state index contributed by atoms with van der Waals surface area (Å²) in [4.78, 5) is 2.66. The molecule has 0 radical (unpaired) electrons. The molecule has 0 amide bonds. The number of hydrogen-bond donors (Lipinski definition) is 2. The lowest BCUT2D eigenvalue weighted by Gasteiger charge is -2.08. The average Bonchev–Trinajstić information content (AvgIpc) is 2.95. The minimum Gasteiger partial charge on any atom is -0.302 e. The quantitative estimate of drug-likeness (QED) is 0.704. The molecule has 0 unspecified atom stereocenters. The zero-order chi connectivity index (χ0) is 14.5. The zero-order valence-corrected chi connectivity index (χ0v) is 11.6. The Morgan fingerprint density at radius 2 is 1.20 bits per heavy atom. The maximum atomic E-state index is 3.92. The van der Waals surface area contributed by atoms with Crippen molar-refractivity contribution in [3.05, 3.63) is 0 Å². The monoisotopic (exact) mass is 280 g/mol. The van der Waals surface area contributed by atoms with Crippen molar-refractivity contribution in [3.8, 4) is 0 Å². The number of hydrogen-bond acceptors (Lipinski definition) is 10. The predicted molar refractivity (Wildman–Crippen MR) is 68.8 cm³/mol. The van der Waals surface area contributed by atoms with Gasteiger partial charge < -0.3 is 10.9 Å². The standard InChI is InChI=1S/C8H16N12/c1-5(2)13-19-7(11-15-17-19)9-10-8-12-16-18-20(8)14-6(3)4/h5-6,13-14H,1-4H3. The molecular formula is C8H16N12. The molecule has 0 spiro atoms. The molecule has 2 rings (SSSR count). The average molecular weight is 280 g/mol. The minimum atomic E-state index is 0.153. The third kappa shape index (κ3) is 3.43. The van der Waals surface area contributed by atoms with Crippen molar-refractivity contribution in [2.45, 2.75) is 39.8 Å². The molecule has 0 bridgehead atoms. The summed E-state index contributed by atoms with van der Waals surface area (Å²) in [6.45, 7) is 7.82. The molecule has 12 nitrogen and oxygen atoms in total. The second-order valence-electron chi connectivity index (χ2n) is 4.55. The van der Waals surface area contributed by atoms with E-state index in [0.29, 0.717) is 0 Å². The van der Waals surface area contributed by atoms with Crippen LogP contribution in [0.2, 0.25) is 0 Å². The van der Waals surface area contributed by atoms with Crippen molar-refractivity contribution >= 4 is 11.9 Å². The Bertz CT molecular complexity index is 515.